The van der Waals surface area contributed by atoms with Gasteiger partial charge in [-0.2, -0.15) is 0 Å². The highest BCUT2D eigenvalue weighted by Gasteiger charge is 2.08. The van der Waals surface area contributed by atoms with Crippen LogP contribution in [0.15, 0.2) is 23.1 Å². The molecule has 0 aliphatic rings. The number of halogens is 1. The zero-order valence-electron chi connectivity index (χ0n) is 7.71. The van der Waals surface area contributed by atoms with Crippen molar-refractivity contribution in [2.24, 2.45) is 0 Å². The molecule has 1 atom stereocenters. The maximum atomic E-state index is 11.4. The third-order valence-electron chi connectivity index (χ3n) is 1.65. The summed E-state index contributed by atoms with van der Waals surface area (Å²) in [7, 11) is 0. The molecule has 0 aliphatic carbocycles. The lowest BCUT2D eigenvalue weighted by Crippen LogP contribution is -2.34. The van der Waals surface area contributed by atoms with Gasteiger partial charge in [0.1, 0.15) is 0 Å². The van der Waals surface area contributed by atoms with Crippen molar-refractivity contribution in [3.8, 4) is 0 Å². The van der Waals surface area contributed by atoms with Crippen LogP contribution in [0.5, 0.6) is 0 Å². The van der Waals surface area contributed by atoms with Crippen LogP contribution >= 0.6 is 11.6 Å². The van der Waals surface area contributed by atoms with E-state index in [-0.39, 0.29) is 17.5 Å². The van der Waals surface area contributed by atoms with E-state index >= 15 is 0 Å². The number of alkyl halides is 1. The molecule has 2 N–H and O–H groups in total. The van der Waals surface area contributed by atoms with Crippen molar-refractivity contribution >= 4 is 17.5 Å². The number of aromatic amines is 1. The van der Waals surface area contributed by atoms with E-state index in [2.05, 4.69) is 10.3 Å². The van der Waals surface area contributed by atoms with Crippen LogP contribution in [-0.2, 0) is 0 Å². The highest BCUT2D eigenvalue weighted by atomic mass is 35.5. The molecule has 4 nitrogen and oxygen atoms in total. The Kier molecular flexibility index (Phi) is 3.71. The Bertz CT molecular complexity index is 375. The summed E-state index contributed by atoms with van der Waals surface area (Å²) >= 11 is 5.53. The monoisotopic (exact) mass is 214 g/mol. The Hall–Kier alpha value is -1.29. The molecule has 1 aromatic rings. The van der Waals surface area contributed by atoms with Crippen LogP contribution in [0, 0.1) is 0 Å². The first kappa shape index (κ1) is 10.8. The van der Waals surface area contributed by atoms with E-state index in [1.54, 1.807) is 6.92 Å². The van der Waals surface area contributed by atoms with Gasteiger partial charge in [-0.15, -0.1) is 11.6 Å². The number of amides is 1. The maximum Gasteiger partial charge on any atom is 0.251 e. The van der Waals surface area contributed by atoms with Gasteiger partial charge in [0.15, 0.2) is 0 Å². The first-order chi connectivity index (χ1) is 6.63. The second-order valence-electron chi connectivity index (χ2n) is 2.97. The molecule has 0 spiro atoms. The first-order valence-electron chi connectivity index (χ1n) is 4.19. The lowest BCUT2D eigenvalue weighted by molar-refractivity contribution is 0.0943. The van der Waals surface area contributed by atoms with Gasteiger partial charge in [0.05, 0.1) is 0 Å². The molecule has 1 rings (SSSR count). The second kappa shape index (κ2) is 4.81. The lowest BCUT2D eigenvalue weighted by Gasteiger charge is -2.09. The fourth-order valence-electron chi connectivity index (χ4n) is 0.932. The molecular formula is C9H11ClN2O2. The zero-order valence-corrected chi connectivity index (χ0v) is 8.47. The standard InChI is InChI=1S/C9H11ClN2O2/c1-6(5-10)12-9(14)7-2-3-11-8(13)4-7/h2-4,6H,5H2,1H3,(H,11,13)(H,12,14). The minimum Gasteiger partial charge on any atom is -0.348 e. The van der Waals surface area contributed by atoms with Gasteiger partial charge in [-0.05, 0) is 13.0 Å². The average molecular weight is 215 g/mol. The van der Waals surface area contributed by atoms with Gasteiger partial charge in [-0.1, -0.05) is 0 Å². The Morgan fingerprint density at radius 1 is 1.71 bits per heavy atom. The van der Waals surface area contributed by atoms with Crippen LogP contribution in [-0.4, -0.2) is 22.8 Å². The zero-order chi connectivity index (χ0) is 10.6. The summed E-state index contributed by atoms with van der Waals surface area (Å²) in [6, 6.07) is 2.68. The van der Waals surface area contributed by atoms with E-state index in [4.69, 9.17) is 11.6 Å². The quantitative estimate of drug-likeness (QED) is 0.729. The molecule has 0 aromatic carbocycles. The van der Waals surface area contributed by atoms with Crippen molar-refractivity contribution in [1.29, 1.82) is 0 Å². The number of pyridine rings is 1. The third kappa shape index (κ3) is 2.88. The van der Waals surface area contributed by atoms with Crippen molar-refractivity contribution in [3.05, 3.63) is 34.2 Å². The van der Waals surface area contributed by atoms with Crippen LogP contribution in [0.2, 0.25) is 0 Å². The largest absolute Gasteiger partial charge is 0.348 e. The summed E-state index contributed by atoms with van der Waals surface area (Å²) in [5, 5.41) is 2.65. The summed E-state index contributed by atoms with van der Waals surface area (Å²) < 4.78 is 0. The normalized spacial score (nSPS) is 12.1. The molecule has 1 amide bonds. The van der Waals surface area contributed by atoms with E-state index in [9.17, 15) is 9.59 Å². The van der Waals surface area contributed by atoms with E-state index in [1.807, 2.05) is 0 Å². The molecule has 1 aromatic heterocycles. The Labute approximate surface area is 86.3 Å². The molecule has 0 bridgehead atoms. The Morgan fingerprint density at radius 2 is 2.43 bits per heavy atom. The van der Waals surface area contributed by atoms with E-state index in [0.29, 0.717) is 11.4 Å². The van der Waals surface area contributed by atoms with Crippen LogP contribution in [0.4, 0.5) is 0 Å². The van der Waals surface area contributed by atoms with Crippen molar-refractivity contribution in [3.63, 3.8) is 0 Å². The topological polar surface area (TPSA) is 62.0 Å². The molecular weight excluding hydrogens is 204 g/mol. The predicted molar refractivity (Wildman–Crippen MR) is 54.7 cm³/mol. The number of H-pyrrole nitrogens is 1. The number of carbonyl (C=O) groups is 1. The van der Waals surface area contributed by atoms with Crippen LogP contribution in [0.1, 0.15) is 17.3 Å². The maximum absolute atomic E-state index is 11.4. The van der Waals surface area contributed by atoms with Gasteiger partial charge in [0, 0.05) is 29.7 Å². The summed E-state index contributed by atoms with van der Waals surface area (Å²) in [5.41, 5.74) is 0.0434. The third-order valence-corrected chi connectivity index (χ3v) is 2.11. The van der Waals surface area contributed by atoms with Crippen LogP contribution in [0.3, 0.4) is 0 Å². The minimum atomic E-state index is -0.295. The van der Waals surface area contributed by atoms with Crippen molar-refractivity contribution < 1.29 is 4.79 Å². The van der Waals surface area contributed by atoms with E-state index in [1.165, 1.54) is 18.3 Å². The average Bonchev–Trinajstić information content (AvgIpc) is 2.17. The molecule has 76 valence electrons. The van der Waals surface area contributed by atoms with Gasteiger partial charge in [-0.25, -0.2) is 0 Å². The summed E-state index contributed by atoms with van der Waals surface area (Å²) in [5.74, 6) is 0.0545. The SMILES string of the molecule is CC(CCl)NC(=O)c1cc[nH]c(=O)c1. The van der Waals surface area contributed by atoms with Crippen molar-refractivity contribution in [2.75, 3.05) is 5.88 Å². The molecule has 14 heavy (non-hydrogen) atoms. The fraction of sp³-hybridized carbons (Fsp3) is 0.333. The number of rotatable bonds is 3. The summed E-state index contributed by atoms with van der Waals surface area (Å²) in [6.45, 7) is 1.79. The van der Waals surface area contributed by atoms with E-state index < -0.39 is 0 Å². The highest BCUT2D eigenvalue weighted by molar-refractivity contribution is 6.18. The van der Waals surface area contributed by atoms with Gasteiger partial charge in [0.2, 0.25) is 5.56 Å². The molecule has 1 heterocycles. The molecule has 0 saturated heterocycles. The van der Waals surface area contributed by atoms with Crippen molar-refractivity contribution in [1.82, 2.24) is 10.3 Å². The number of hydrogen-bond donors (Lipinski definition) is 2. The van der Waals surface area contributed by atoms with Crippen LogP contribution < -0.4 is 10.9 Å². The minimum absolute atomic E-state index is 0.108. The predicted octanol–water partition coefficient (Wildman–Crippen LogP) is 0.732. The Balaban J connectivity index is 2.75. The summed E-state index contributed by atoms with van der Waals surface area (Å²) in [6.07, 6.45) is 1.43. The smallest absolute Gasteiger partial charge is 0.251 e. The molecule has 1 unspecified atom stereocenters. The first-order valence-corrected chi connectivity index (χ1v) is 4.72. The molecule has 5 heteroatoms. The van der Waals surface area contributed by atoms with Gasteiger partial charge < -0.3 is 10.3 Å². The number of nitrogens with one attached hydrogen (secondary N) is 2. The summed E-state index contributed by atoms with van der Waals surface area (Å²) in [4.78, 5) is 24.8. The van der Waals surface area contributed by atoms with Gasteiger partial charge in [0.25, 0.3) is 5.91 Å². The lowest BCUT2D eigenvalue weighted by atomic mass is 10.2. The van der Waals surface area contributed by atoms with Gasteiger partial charge >= 0.3 is 0 Å². The number of hydrogen-bond acceptors (Lipinski definition) is 2. The number of aromatic nitrogens is 1. The molecule has 0 aliphatic heterocycles. The number of carbonyl (C=O) groups excluding carboxylic acids is 1. The van der Waals surface area contributed by atoms with E-state index in [0.717, 1.165) is 0 Å². The van der Waals surface area contributed by atoms with Crippen LogP contribution in [0.25, 0.3) is 0 Å². The molecule has 0 saturated carbocycles. The molecule has 0 radical (unpaired) electrons. The molecule has 0 fully saturated rings. The Morgan fingerprint density at radius 3 is 3.00 bits per heavy atom. The van der Waals surface area contributed by atoms with Crippen molar-refractivity contribution in [2.45, 2.75) is 13.0 Å². The second-order valence-corrected chi connectivity index (χ2v) is 3.28. The van der Waals surface area contributed by atoms with Gasteiger partial charge in [-0.3, -0.25) is 9.59 Å². The fourth-order valence-corrected chi connectivity index (χ4v) is 1.01. The highest BCUT2D eigenvalue weighted by Crippen LogP contribution is 1.95.